The lowest BCUT2D eigenvalue weighted by Gasteiger charge is -2.63. The molecular weight excluding hydrogens is 486 g/mol. The molecule has 0 radical (unpaired) electrons. The van der Waals surface area contributed by atoms with Crippen molar-refractivity contribution in [1.82, 2.24) is 9.47 Å². The molecule has 5 aliphatic rings. The van der Waals surface area contributed by atoms with Crippen molar-refractivity contribution in [1.29, 1.82) is 0 Å². The van der Waals surface area contributed by atoms with E-state index < -0.39 is 11.0 Å². The maximum absolute atomic E-state index is 13.1. The third-order valence-corrected chi connectivity index (χ3v) is 10.7. The van der Waals surface area contributed by atoms with Crippen LogP contribution in [-0.4, -0.2) is 44.4 Å². The minimum absolute atomic E-state index is 0.0287. The number of anilines is 1. The van der Waals surface area contributed by atoms with E-state index in [1.165, 1.54) is 29.4 Å². The fraction of sp³-hybridized carbons (Fsp3) is 0.394. The van der Waals surface area contributed by atoms with Crippen LogP contribution in [0.4, 0.5) is 5.69 Å². The van der Waals surface area contributed by atoms with E-state index in [2.05, 4.69) is 45.9 Å². The Labute approximate surface area is 227 Å². The van der Waals surface area contributed by atoms with E-state index in [9.17, 15) is 10.2 Å². The number of aromatic hydroxyl groups is 1. The highest BCUT2D eigenvalue weighted by Gasteiger charge is 2.73. The fourth-order valence-corrected chi connectivity index (χ4v) is 8.82. The highest BCUT2D eigenvalue weighted by atomic mass is 16.5. The van der Waals surface area contributed by atoms with E-state index in [-0.39, 0.29) is 17.9 Å². The van der Waals surface area contributed by atoms with Crippen LogP contribution in [0.3, 0.4) is 0 Å². The molecule has 1 saturated carbocycles. The van der Waals surface area contributed by atoms with Crippen molar-refractivity contribution in [3.05, 3.63) is 88.6 Å². The molecule has 3 aliphatic carbocycles. The molecule has 2 bridgehead atoms. The second-order valence-electron chi connectivity index (χ2n) is 12.6. The van der Waals surface area contributed by atoms with Crippen molar-refractivity contribution in [3.8, 4) is 11.5 Å². The molecular formula is C33H33N3O3. The first kappa shape index (κ1) is 22.3. The van der Waals surface area contributed by atoms with E-state index in [0.29, 0.717) is 18.7 Å². The number of nitrogens with two attached hydrogens (primary N) is 1. The quantitative estimate of drug-likeness (QED) is 0.341. The average molecular weight is 520 g/mol. The Bertz CT molecular complexity index is 1690. The lowest BCUT2D eigenvalue weighted by atomic mass is 9.49. The van der Waals surface area contributed by atoms with Crippen molar-refractivity contribution in [2.45, 2.75) is 61.8 Å². The summed E-state index contributed by atoms with van der Waals surface area (Å²) in [4.78, 5) is 2.59. The molecule has 1 aromatic heterocycles. The van der Waals surface area contributed by atoms with Gasteiger partial charge < -0.3 is 25.3 Å². The molecule has 1 spiro atoms. The summed E-state index contributed by atoms with van der Waals surface area (Å²) >= 11 is 0. The van der Waals surface area contributed by atoms with Crippen molar-refractivity contribution >= 4 is 16.6 Å². The Morgan fingerprint density at radius 1 is 1.03 bits per heavy atom. The number of phenolic OH excluding ortho intramolecular Hbond substituents is 1. The van der Waals surface area contributed by atoms with Crippen LogP contribution in [0.25, 0.3) is 10.9 Å². The van der Waals surface area contributed by atoms with Gasteiger partial charge in [0.15, 0.2) is 17.6 Å². The zero-order chi connectivity index (χ0) is 26.1. The van der Waals surface area contributed by atoms with E-state index in [1.807, 2.05) is 18.2 Å². The van der Waals surface area contributed by atoms with Crippen LogP contribution in [0.5, 0.6) is 11.5 Å². The Morgan fingerprint density at radius 3 is 2.69 bits per heavy atom. The summed E-state index contributed by atoms with van der Waals surface area (Å²) in [6.45, 7) is 2.64. The van der Waals surface area contributed by atoms with Gasteiger partial charge in [0, 0.05) is 41.2 Å². The number of aromatic nitrogens is 1. The largest absolute Gasteiger partial charge is 0.504 e. The zero-order valence-corrected chi connectivity index (χ0v) is 21.9. The predicted molar refractivity (Wildman–Crippen MR) is 150 cm³/mol. The SMILES string of the molecule is Nc1ccccc1Cn1c2c(c3ccccc31)C[C@@]1(O)[C@H]3Cc4ccc(O)c5c4[C@@]1(CCN3CC1CC1)[C@H]2O5. The van der Waals surface area contributed by atoms with Gasteiger partial charge in [0.2, 0.25) is 0 Å². The van der Waals surface area contributed by atoms with Crippen LogP contribution >= 0.6 is 0 Å². The van der Waals surface area contributed by atoms with Gasteiger partial charge in [0.25, 0.3) is 0 Å². The van der Waals surface area contributed by atoms with Gasteiger partial charge in [-0.25, -0.2) is 0 Å². The highest BCUT2D eigenvalue weighted by molar-refractivity contribution is 5.87. The molecule has 2 aliphatic heterocycles. The molecule has 2 fully saturated rings. The Balaban J connectivity index is 1.32. The number of hydrogen-bond donors (Lipinski definition) is 3. The van der Waals surface area contributed by atoms with Gasteiger partial charge >= 0.3 is 0 Å². The summed E-state index contributed by atoms with van der Waals surface area (Å²) in [5.41, 5.74) is 12.4. The number of likely N-dealkylation sites (tertiary alicyclic amines) is 1. The summed E-state index contributed by atoms with van der Waals surface area (Å²) in [6.07, 6.45) is 4.41. The van der Waals surface area contributed by atoms with Crippen LogP contribution in [0, 0.1) is 5.92 Å². The summed E-state index contributed by atoms with van der Waals surface area (Å²) in [5.74, 6) is 1.51. The molecule has 6 nitrogen and oxygen atoms in total. The molecule has 6 heteroatoms. The van der Waals surface area contributed by atoms with Gasteiger partial charge in [-0.15, -0.1) is 0 Å². The number of phenols is 1. The maximum atomic E-state index is 13.1. The second kappa shape index (κ2) is 7.38. The van der Waals surface area contributed by atoms with Crippen LogP contribution < -0.4 is 10.5 Å². The van der Waals surface area contributed by atoms with Crippen molar-refractivity contribution < 1.29 is 14.9 Å². The third kappa shape index (κ3) is 2.69. The molecule has 9 rings (SSSR count). The number of benzene rings is 3. The Kier molecular flexibility index (Phi) is 4.23. The number of nitrogen functional groups attached to an aromatic ring is 1. The smallest absolute Gasteiger partial charge is 0.166 e. The molecule has 0 unspecified atom stereocenters. The first-order valence-electron chi connectivity index (χ1n) is 14.4. The van der Waals surface area contributed by atoms with Crippen LogP contribution in [0.15, 0.2) is 60.7 Å². The summed E-state index contributed by atoms with van der Waals surface area (Å²) in [5, 5.41) is 25.4. The van der Waals surface area contributed by atoms with E-state index in [0.717, 1.165) is 59.9 Å². The number of fused-ring (bicyclic) bond motifs is 4. The molecule has 4 atom stereocenters. The second-order valence-corrected chi connectivity index (χ2v) is 12.6. The van der Waals surface area contributed by atoms with Gasteiger partial charge in [0.05, 0.1) is 23.3 Å². The Hall–Kier alpha value is -3.48. The number of para-hydroxylation sites is 2. The number of rotatable bonds is 4. The predicted octanol–water partition coefficient (Wildman–Crippen LogP) is 4.68. The number of hydrogen-bond acceptors (Lipinski definition) is 5. The third-order valence-electron chi connectivity index (χ3n) is 10.7. The van der Waals surface area contributed by atoms with Crippen molar-refractivity contribution in [2.75, 3.05) is 18.8 Å². The average Bonchev–Trinajstić information content (AvgIpc) is 3.61. The molecule has 0 amide bonds. The molecule has 1 saturated heterocycles. The lowest BCUT2D eigenvalue weighted by Crippen LogP contribution is -2.74. The molecule has 3 heterocycles. The summed E-state index contributed by atoms with van der Waals surface area (Å²) in [6, 6.07) is 20.5. The lowest BCUT2D eigenvalue weighted by molar-refractivity contribution is -0.173. The van der Waals surface area contributed by atoms with E-state index in [1.54, 1.807) is 6.07 Å². The van der Waals surface area contributed by atoms with Gasteiger partial charge in [-0.2, -0.15) is 0 Å². The van der Waals surface area contributed by atoms with Gasteiger partial charge in [0.1, 0.15) is 0 Å². The maximum Gasteiger partial charge on any atom is 0.166 e. The number of piperidine rings is 1. The zero-order valence-electron chi connectivity index (χ0n) is 21.9. The summed E-state index contributed by atoms with van der Waals surface area (Å²) < 4.78 is 9.26. The van der Waals surface area contributed by atoms with Gasteiger partial charge in [-0.1, -0.05) is 42.5 Å². The highest BCUT2D eigenvalue weighted by Crippen LogP contribution is 2.69. The standard InChI is InChI=1S/C33H33N3O3/c34-24-7-3-1-5-21(24)18-36-25-8-4-2-6-22(25)23-16-33(38)27-15-20-11-12-26(37)30-28(20)32(33,31(39-30)29(23)36)13-14-35(27)17-19-9-10-19/h1-8,11-12,19,27,31,37-38H,9-10,13-18,34H2/t27-,31+,32+,33-/m1/s1. The molecule has 3 aromatic carbocycles. The van der Waals surface area contributed by atoms with Crippen LogP contribution in [0.1, 0.15) is 53.3 Å². The van der Waals surface area contributed by atoms with E-state index in [4.69, 9.17) is 10.5 Å². The normalized spacial score (nSPS) is 30.2. The van der Waals surface area contributed by atoms with Crippen LogP contribution in [0.2, 0.25) is 0 Å². The van der Waals surface area contributed by atoms with Crippen molar-refractivity contribution in [2.24, 2.45) is 5.92 Å². The minimum Gasteiger partial charge on any atom is -0.504 e. The number of nitrogens with zero attached hydrogens (tertiary/aromatic N) is 2. The first-order valence-corrected chi connectivity index (χ1v) is 14.4. The van der Waals surface area contributed by atoms with Crippen molar-refractivity contribution in [3.63, 3.8) is 0 Å². The molecule has 4 N–H and O–H groups in total. The van der Waals surface area contributed by atoms with Gasteiger partial charge in [-0.05, 0) is 73.0 Å². The Morgan fingerprint density at radius 2 is 1.85 bits per heavy atom. The fourth-order valence-electron chi connectivity index (χ4n) is 8.82. The first-order chi connectivity index (χ1) is 19.0. The topological polar surface area (TPSA) is 83.9 Å². The minimum atomic E-state index is -0.982. The number of aliphatic hydroxyl groups is 1. The van der Waals surface area contributed by atoms with Gasteiger partial charge in [-0.3, -0.25) is 4.90 Å². The molecule has 4 aromatic rings. The number of ether oxygens (including phenoxy) is 1. The summed E-state index contributed by atoms with van der Waals surface area (Å²) in [7, 11) is 0. The molecule has 39 heavy (non-hydrogen) atoms. The van der Waals surface area contributed by atoms with E-state index >= 15 is 0 Å². The molecule has 198 valence electrons. The monoisotopic (exact) mass is 519 g/mol. The van der Waals surface area contributed by atoms with Crippen LogP contribution in [-0.2, 0) is 24.8 Å².